The van der Waals surface area contributed by atoms with Crippen LogP contribution in [0.1, 0.15) is 27.6 Å². The number of rotatable bonds is 3. The summed E-state index contributed by atoms with van der Waals surface area (Å²) < 4.78 is 5.82. The zero-order chi connectivity index (χ0) is 14.8. The molecule has 3 rings (SSSR count). The van der Waals surface area contributed by atoms with Gasteiger partial charge in [-0.2, -0.15) is 0 Å². The van der Waals surface area contributed by atoms with Crippen LogP contribution in [0.5, 0.6) is 0 Å². The van der Waals surface area contributed by atoms with Gasteiger partial charge in [0.2, 0.25) is 0 Å². The van der Waals surface area contributed by atoms with Crippen molar-refractivity contribution in [3.05, 3.63) is 71.3 Å². The molecule has 3 nitrogen and oxygen atoms in total. The van der Waals surface area contributed by atoms with Gasteiger partial charge >= 0.3 is 5.97 Å². The van der Waals surface area contributed by atoms with E-state index in [0.29, 0.717) is 5.56 Å². The van der Waals surface area contributed by atoms with Gasteiger partial charge in [-0.3, -0.25) is 0 Å². The molecule has 108 valence electrons. The quantitative estimate of drug-likeness (QED) is 0.810. The maximum atomic E-state index is 12.3. The number of carbonyl (C=O) groups excluding carboxylic acids is 1. The highest BCUT2D eigenvalue weighted by Crippen LogP contribution is 2.36. The lowest BCUT2D eigenvalue weighted by molar-refractivity contribution is 0.0108. The number of esters is 1. The molecule has 2 aromatic rings. The number of likely N-dealkylation sites (N-methyl/N-ethyl adjacent to an activating group) is 1. The summed E-state index contributed by atoms with van der Waals surface area (Å²) in [5.74, 6) is -0.260. The molecule has 0 spiro atoms. The summed E-state index contributed by atoms with van der Waals surface area (Å²) in [6.07, 6.45) is 0.708. The Kier molecular flexibility index (Phi) is 3.76. The minimum absolute atomic E-state index is 0.190. The molecule has 21 heavy (non-hydrogen) atoms. The van der Waals surface area contributed by atoms with Crippen molar-refractivity contribution < 1.29 is 9.53 Å². The maximum Gasteiger partial charge on any atom is 0.338 e. The number of carbonyl (C=O) groups is 1. The molecule has 0 saturated heterocycles. The van der Waals surface area contributed by atoms with E-state index >= 15 is 0 Å². The monoisotopic (exact) mass is 281 g/mol. The lowest BCUT2D eigenvalue weighted by atomic mass is 10.1. The van der Waals surface area contributed by atoms with Gasteiger partial charge in [0.05, 0.1) is 11.6 Å². The predicted molar refractivity (Wildman–Crippen MR) is 82.2 cm³/mol. The summed E-state index contributed by atoms with van der Waals surface area (Å²) in [4.78, 5) is 14.5. The van der Waals surface area contributed by atoms with Crippen LogP contribution in [0, 0.1) is 0 Å². The van der Waals surface area contributed by atoms with Crippen molar-refractivity contribution in [2.75, 3.05) is 14.1 Å². The molecule has 0 bridgehead atoms. The van der Waals surface area contributed by atoms with E-state index in [1.807, 2.05) is 44.4 Å². The molecule has 1 aliphatic rings. The Bertz CT molecular complexity index is 637. The van der Waals surface area contributed by atoms with E-state index in [-0.39, 0.29) is 18.1 Å². The SMILES string of the molecule is CN(C)[C@H]1Cc2ccccc2[C@H]1OC(=O)c1ccccc1. The summed E-state index contributed by atoms with van der Waals surface area (Å²) in [5, 5.41) is 0. The molecular weight excluding hydrogens is 262 g/mol. The molecule has 2 atom stereocenters. The van der Waals surface area contributed by atoms with E-state index in [0.717, 1.165) is 12.0 Å². The number of fused-ring (bicyclic) bond motifs is 1. The van der Waals surface area contributed by atoms with Crippen molar-refractivity contribution in [3.8, 4) is 0 Å². The predicted octanol–water partition coefficient (Wildman–Crippen LogP) is 3.07. The Hall–Kier alpha value is -2.13. The molecule has 1 aliphatic carbocycles. The molecule has 0 heterocycles. The first kappa shape index (κ1) is 13.8. The standard InChI is InChI=1S/C18H19NO2/c1-19(2)16-12-14-10-6-7-11-15(14)17(16)21-18(20)13-8-4-3-5-9-13/h3-11,16-17H,12H2,1-2H3/t16-,17+/m0/s1. The summed E-state index contributed by atoms with van der Waals surface area (Å²) in [6.45, 7) is 0. The fourth-order valence-electron chi connectivity index (χ4n) is 2.89. The van der Waals surface area contributed by atoms with E-state index in [2.05, 4.69) is 17.0 Å². The highest BCUT2D eigenvalue weighted by molar-refractivity contribution is 5.89. The van der Waals surface area contributed by atoms with Gasteiger partial charge < -0.3 is 9.64 Å². The third-order valence-electron chi connectivity index (χ3n) is 4.05. The van der Waals surface area contributed by atoms with Crippen molar-refractivity contribution in [1.82, 2.24) is 4.90 Å². The van der Waals surface area contributed by atoms with Gasteiger partial charge in [-0.1, -0.05) is 42.5 Å². The minimum atomic E-state index is -0.260. The van der Waals surface area contributed by atoms with Crippen LogP contribution >= 0.6 is 0 Å². The number of hydrogen-bond acceptors (Lipinski definition) is 3. The minimum Gasteiger partial charge on any atom is -0.452 e. The van der Waals surface area contributed by atoms with Gasteiger partial charge in [-0.15, -0.1) is 0 Å². The van der Waals surface area contributed by atoms with Gasteiger partial charge in [-0.25, -0.2) is 4.79 Å². The fourth-order valence-corrected chi connectivity index (χ4v) is 2.89. The van der Waals surface area contributed by atoms with E-state index in [1.54, 1.807) is 12.1 Å². The second-order valence-corrected chi connectivity index (χ2v) is 5.63. The van der Waals surface area contributed by atoms with E-state index in [1.165, 1.54) is 5.56 Å². The maximum absolute atomic E-state index is 12.3. The summed E-state index contributed by atoms with van der Waals surface area (Å²) in [5.41, 5.74) is 2.99. The van der Waals surface area contributed by atoms with E-state index in [9.17, 15) is 4.79 Å². The van der Waals surface area contributed by atoms with E-state index in [4.69, 9.17) is 4.74 Å². The lowest BCUT2D eigenvalue weighted by Gasteiger charge is -2.26. The Labute approximate surface area is 125 Å². The summed E-state index contributed by atoms with van der Waals surface area (Å²) >= 11 is 0. The van der Waals surface area contributed by atoms with Crippen LogP contribution in [0.25, 0.3) is 0 Å². The second-order valence-electron chi connectivity index (χ2n) is 5.63. The largest absolute Gasteiger partial charge is 0.452 e. The van der Waals surface area contributed by atoms with Crippen LogP contribution in [0.2, 0.25) is 0 Å². The van der Waals surface area contributed by atoms with Gasteiger partial charge in [-0.05, 0) is 43.8 Å². The fraction of sp³-hybridized carbons (Fsp3) is 0.278. The molecule has 0 radical (unpaired) electrons. The third-order valence-corrected chi connectivity index (χ3v) is 4.05. The van der Waals surface area contributed by atoms with Crippen LogP contribution < -0.4 is 0 Å². The molecule has 3 heteroatoms. The zero-order valence-corrected chi connectivity index (χ0v) is 12.3. The Morgan fingerprint density at radius 1 is 1.05 bits per heavy atom. The number of ether oxygens (including phenoxy) is 1. The molecule has 0 aromatic heterocycles. The van der Waals surface area contributed by atoms with Gasteiger partial charge in [0.25, 0.3) is 0 Å². The highest BCUT2D eigenvalue weighted by atomic mass is 16.5. The molecule has 0 saturated carbocycles. The molecule has 0 N–H and O–H groups in total. The average molecular weight is 281 g/mol. The topological polar surface area (TPSA) is 29.5 Å². The highest BCUT2D eigenvalue weighted by Gasteiger charge is 2.36. The number of nitrogens with zero attached hydrogens (tertiary/aromatic N) is 1. The van der Waals surface area contributed by atoms with Crippen molar-refractivity contribution in [3.63, 3.8) is 0 Å². The van der Waals surface area contributed by atoms with E-state index < -0.39 is 0 Å². The smallest absolute Gasteiger partial charge is 0.338 e. The molecule has 0 amide bonds. The third kappa shape index (κ3) is 2.69. The zero-order valence-electron chi connectivity index (χ0n) is 12.3. The van der Waals surface area contributed by atoms with Crippen LogP contribution in [-0.4, -0.2) is 31.0 Å². The first-order valence-corrected chi connectivity index (χ1v) is 7.17. The van der Waals surface area contributed by atoms with Crippen LogP contribution in [0.15, 0.2) is 54.6 Å². The lowest BCUT2D eigenvalue weighted by Crippen LogP contribution is -2.34. The molecule has 0 unspecified atom stereocenters. The first-order valence-electron chi connectivity index (χ1n) is 7.17. The second kappa shape index (κ2) is 5.70. The average Bonchev–Trinajstić information content (AvgIpc) is 2.87. The molecule has 0 aliphatic heterocycles. The van der Waals surface area contributed by atoms with Gasteiger partial charge in [0, 0.05) is 0 Å². The van der Waals surface area contributed by atoms with Crippen molar-refractivity contribution in [2.45, 2.75) is 18.6 Å². The summed E-state index contributed by atoms with van der Waals surface area (Å²) in [7, 11) is 4.06. The first-order chi connectivity index (χ1) is 10.2. The molecule has 0 fully saturated rings. The summed E-state index contributed by atoms with van der Waals surface area (Å²) in [6, 6.07) is 17.6. The van der Waals surface area contributed by atoms with Crippen molar-refractivity contribution in [1.29, 1.82) is 0 Å². The van der Waals surface area contributed by atoms with Crippen LogP contribution in [-0.2, 0) is 11.2 Å². The number of hydrogen-bond donors (Lipinski definition) is 0. The van der Waals surface area contributed by atoms with Gasteiger partial charge in [0.1, 0.15) is 6.10 Å². The normalized spacial score (nSPS) is 20.3. The number of benzene rings is 2. The van der Waals surface area contributed by atoms with Crippen LogP contribution in [0.4, 0.5) is 0 Å². The molecular formula is C18H19NO2. The van der Waals surface area contributed by atoms with Crippen molar-refractivity contribution in [2.24, 2.45) is 0 Å². The van der Waals surface area contributed by atoms with Crippen molar-refractivity contribution >= 4 is 5.97 Å². The van der Waals surface area contributed by atoms with Crippen LogP contribution in [0.3, 0.4) is 0 Å². The Morgan fingerprint density at radius 2 is 1.71 bits per heavy atom. The molecule has 2 aromatic carbocycles. The van der Waals surface area contributed by atoms with Gasteiger partial charge in [0.15, 0.2) is 0 Å². The Morgan fingerprint density at radius 3 is 2.43 bits per heavy atom. The Balaban J connectivity index is 1.87.